The number of carbonyl (C=O) groups is 3. The topological polar surface area (TPSA) is 78.9 Å². The molecule has 0 amide bonds. The summed E-state index contributed by atoms with van der Waals surface area (Å²) in [5, 5.41) is 0. The van der Waals surface area contributed by atoms with Crippen LogP contribution >= 0.6 is 0 Å². The number of cyclic esters (lactones) is 3. The Morgan fingerprint density at radius 2 is 0.617 bits per heavy atom. The molecule has 3 unspecified atom stereocenters. The second-order valence-electron chi connectivity index (χ2n) is 17.9. The standard InChI is InChI=1S/C54H96O6/c1-4-7-10-31-40-49-43-34-25-19-13-16-23-29-38-47-53(56)59-51(42-33-12-9-6-3)45-36-27-21-15-18-24-30-39-48-54(57)60-50(41-32-11-8-5-2)44-35-26-20-14-17-22-28-37-46-52(55)58-49/h25-27,34-36,49-51H,4-24,28-33,37-48H2,1-3H3. The molecule has 0 saturated heterocycles. The fraction of sp³-hybridized carbons (Fsp3) is 0.833. The molecule has 0 aromatic heterocycles. The van der Waals surface area contributed by atoms with E-state index in [0.29, 0.717) is 19.3 Å². The maximum atomic E-state index is 12.8. The first-order valence-electron chi connectivity index (χ1n) is 26.0. The summed E-state index contributed by atoms with van der Waals surface area (Å²) in [5.74, 6) is -0.112. The number of esters is 3. The van der Waals surface area contributed by atoms with Crippen molar-refractivity contribution in [1.29, 1.82) is 0 Å². The quantitative estimate of drug-likeness (QED) is 0.0707. The molecule has 0 bridgehead atoms. The van der Waals surface area contributed by atoms with Crippen LogP contribution in [0.3, 0.4) is 0 Å². The van der Waals surface area contributed by atoms with Gasteiger partial charge in [0.2, 0.25) is 0 Å². The van der Waals surface area contributed by atoms with Gasteiger partial charge in [0.25, 0.3) is 0 Å². The van der Waals surface area contributed by atoms with Gasteiger partial charge in [-0.2, -0.15) is 0 Å². The van der Waals surface area contributed by atoms with Crippen LogP contribution in [0.5, 0.6) is 0 Å². The van der Waals surface area contributed by atoms with E-state index in [1.165, 1.54) is 77.0 Å². The molecule has 0 spiro atoms. The van der Waals surface area contributed by atoms with Crippen molar-refractivity contribution in [2.24, 2.45) is 0 Å². The van der Waals surface area contributed by atoms with Crippen molar-refractivity contribution in [3.8, 4) is 0 Å². The molecule has 1 heterocycles. The first-order valence-corrected chi connectivity index (χ1v) is 26.0. The fourth-order valence-electron chi connectivity index (χ4n) is 8.09. The predicted molar refractivity (Wildman–Crippen MR) is 254 cm³/mol. The van der Waals surface area contributed by atoms with Gasteiger partial charge in [-0.15, -0.1) is 0 Å². The number of hydrogen-bond acceptors (Lipinski definition) is 6. The molecule has 1 aliphatic heterocycles. The highest BCUT2D eigenvalue weighted by Crippen LogP contribution is 2.19. The summed E-state index contributed by atoms with van der Waals surface area (Å²) in [6, 6.07) is 0. The minimum absolute atomic E-state index is 0.0149. The first kappa shape index (κ1) is 55.6. The first-order chi connectivity index (χ1) is 29.5. The Hall–Kier alpha value is -2.37. The monoisotopic (exact) mass is 841 g/mol. The Morgan fingerprint density at radius 1 is 0.350 bits per heavy atom. The summed E-state index contributed by atoms with van der Waals surface area (Å²) in [7, 11) is 0. The third kappa shape index (κ3) is 37.4. The van der Waals surface area contributed by atoms with Gasteiger partial charge in [0.1, 0.15) is 18.3 Å². The maximum Gasteiger partial charge on any atom is 0.306 e. The van der Waals surface area contributed by atoms with Crippen LogP contribution in [0.2, 0.25) is 0 Å². The molecule has 6 nitrogen and oxygen atoms in total. The Labute approximate surface area is 371 Å². The van der Waals surface area contributed by atoms with Gasteiger partial charge in [-0.25, -0.2) is 0 Å². The molecule has 3 atom stereocenters. The number of ether oxygens (including phenoxy) is 3. The summed E-state index contributed by atoms with van der Waals surface area (Å²) < 4.78 is 18.0. The van der Waals surface area contributed by atoms with E-state index in [0.717, 1.165) is 154 Å². The summed E-state index contributed by atoms with van der Waals surface area (Å²) in [4.78, 5) is 38.4. The van der Waals surface area contributed by atoms with Gasteiger partial charge >= 0.3 is 17.9 Å². The van der Waals surface area contributed by atoms with E-state index in [1.807, 2.05) is 0 Å². The average Bonchev–Trinajstić information content (AvgIpc) is 3.23. The smallest absolute Gasteiger partial charge is 0.306 e. The van der Waals surface area contributed by atoms with Crippen LogP contribution in [0.1, 0.15) is 271 Å². The molecule has 0 aliphatic carbocycles. The van der Waals surface area contributed by atoms with Gasteiger partial charge in [-0.3, -0.25) is 14.4 Å². The van der Waals surface area contributed by atoms with E-state index in [4.69, 9.17) is 14.2 Å². The van der Waals surface area contributed by atoms with Crippen molar-refractivity contribution < 1.29 is 28.6 Å². The Morgan fingerprint density at radius 3 is 0.900 bits per heavy atom. The molecule has 6 heteroatoms. The molecule has 0 aromatic carbocycles. The van der Waals surface area contributed by atoms with Gasteiger partial charge < -0.3 is 14.2 Å². The van der Waals surface area contributed by atoms with E-state index in [-0.39, 0.29) is 36.2 Å². The number of hydrogen-bond donors (Lipinski definition) is 0. The summed E-state index contributed by atoms with van der Waals surface area (Å²) in [5.41, 5.74) is 0. The van der Waals surface area contributed by atoms with Crippen molar-refractivity contribution >= 4 is 17.9 Å². The Kier molecular flexibility index (Phi) is 40.1. The zero-order chi connectivity index (χ0) is 43.4. The van der Waals surface area contributed by atoms with E-state index < -0.39 is 0 Å². The van der Waals surface area contributed by atoms with Crippen LogP contribution < -0.4 is 0 Å². The molecule has 1 rings (SSSR count). The maximum absolute atomic E-state index is 12.8. The van der Waals surface area contributed by atoms with Crippen LogP contribution in [-0.4, -0.2) is 36.2 Å². The number of allylic oxidation sites excluding steroid dienone is 3. The normalized spacial score (nSPS) is 22.4. The molecule has 0 fully saturated rings. The van der Waals surface area contributed by atoms with Gasteiger partial charge in [0.15, 0.2) is 0 Å². The lowest BCUT2D eigenvalue weighted by Crippen LogP contribution is -2.17. The second kappa shape index (κ2) is 43.3. The highest BCUT2D eigenvalue weighted by molar-refractivity contribution is 5.70. The van der Waals surface area contributed by atoms with E-state index in [9.17, 15) is 14.4 Å². The number of unbranched alkanes of at least 4 members (excludes halogenated alkanes) is 9. The molecule has 60 heavy (non-hydrogen) atoms. The van der Waals surface area contributed by atoms with Gasteiger partial charge in [-0.1, -0.05) is 173 Å². The summed E-state index contributed by atoms with van der Waals surface area (Å²) >= 11 is 0. The van der Waals surface area contributed by atoms with Crippen molar-refractivity contribution in [3.05, 3.63) is 36.5 Å². The van der Waals surface area contributed by atoms with Crippen molar-refractivity contribution in [1.82, 2.24) is 0 Å². The van der Waals surface area contributed by atoms with E-state index in [2.05, 4.69) is 57.2 Å². The van der Waals surface area contributed by atoms with E-state index >= 15 is 0 Å². The zero-order valence-electron chi connectivity index (χ0n) is 39.7. The number of carbonyl (C=O) groups excluding carboxylic acids is 3. The van der Waals surface area contributed by atoms with Crippen LogP contribution in [0, 0.1) is 0 Å². The molecular weight excluding hydrogens is 745 g/mol. The summed E-state index contributed by atoms with van der Waals surface area (Å²) in [6.07, 6.45) is 54.0. The third-order valence-electron chi connectivity index (χ3n) is 12.0. The molecular formula is C54H96O6. The van der Waals surface area contributed by atoms with Crippen LogP contribution in [0.4, 0.5) is 0 Å². The zero-order valence-corrected chi connectivity index (χ0v) is 39.7. The van der Waals surface area contributed by atoms with Crippen molar-refractivity contribution in [2.45, 2.75) is 289 Å². The van der Waals surface area contributed by atoms with Gasteiger partial charge in [-0.05, 0) is 96.3 Å². The lowest BCUT2D eigenvalue weighted by atomic mass is 10.0. The largest absolute Gasteiger partial charge is 0.462 e. The van der Waals surface area contributed by atoms with Crippen molar-refractivity contribution in [2.75, 3.05) is 0 Å². The fourth-order valence-corrected chi connectivity index (χ4v) is 8.09. The predicted octanol–water partition coefficient (Wildman–Crippen LogP) is 16.7. The highest BCUT2D eigenvalue weighted by atomic mass is 16.6. The minimum atomic E-state index is -0.0374. The second-order valence-corrected chi connectivity index (χ2v) is 17.9. The molecule has 1 aliphatic rings. The molecule has 0 N–H and O–H groups in total. The SMILES string of the molecule is CCCCCCC1CC=CCCCCCCCC(=O)OC(CCCCCC)CC=CCCCCCCCC(=O)OC(CCCCCC)CC=CCCCCCCCC(=O)O1. The van der Waals surface area contributed by atoms with Gasteiger partial charge in [0.05, 0.1) is 0 Å². The van der Waals surface area contributed by atoms with Crippen LogP contribution in [-0.2, 0) is 28.6 Å². The number of rotatable bonds is 15. The van der Waals surface area contributed by atoms with Crippen molar-refractivity contribution in [3.63, 3.8) is 0 Å². The summed E-state index contributed by atoms with van der Waals surface area (Å²) in [6.45, 7) is 6.69. The van der Waals surface area contributed by atoms with Crippen LogP contribution in [0.15, 0.2) is 36.5 Å². The molecule has 0 aromatic rings. The molecule has 0 radical (unpaired) electrons. The minimum Gasteiger partial charge on any atom is -0.462 e. The Balaban J connectivity index is 2.73. The van der Waals surface area contributed by atoms with Gasteiger partial charge in [0, 0.05) is 38.5 Å². The lowest BCUT2D eigenvalue weighted by Gasteiger charge is -2.17. The Bertz CT molecular complexity index is 945. The van der Waals surface area contributed by atoms with Crippen LogP contribution in [0.25, 0.3) is 0 Å². The highest BCUT2D eigenvalue weighted by Gasteiger charge is 2.16. The van der Waals surface area contributed by atoms with E-state index in [1.54, 1.807) is 0 Å². The lowest BCUT2D eigenvalue weighted by molar-refractivity contribution is -0.150. The average molecular weight is 841 g/mol. The molecule has 0 saturated carbocycles. The third-order valence-corrected chi connectivity index (χ3v) is 12.0. The molecule has 348 valence electrons.